The SMILES string of the molecule is O=CN1CC2(C1)CN(Cc1ccc(F)cc1C(F)(F)F)C2. The Kier molecular flexibility index (Phi) is 3.20. The van der Waals surface area contributed by atoms with Gasteiger partial charge in [-0.1, -0.05) is 6.07 Å². The monoisotopic (exact) mass is 302 g/mol. The molecule has 1 aromatic carbocycles. The number of carbonyl (C=O) groups excluding carboxylic acids is 1. The minimum absolute atomic E-state index is 0.0549. The lowest BCUT2D eigenvalue weighted by Crippen LogP contribution is -2.71. The first-order valence-electron chi connectivity index (χ1n) is 6.59. The van der Waals surface area contributed by atoms with Gasteiger partial charge in [-0.3, -0.25) is 9.69 Å². The van der Waals surface area contributed by atoms with Crippen LogP contribution in [-0.2, 0) is 17.5 Å². The number of nitrogens with zero attached hydrogens (tertiary/aromatic N) is 2. The number of hydrogen-bond donors (Lipinski definition) is 0. The Balaban J connectivity index is 1.66. The fourth-order valence-corrected chi connectivity index (χ4v) is 3.30. The minimum Gasteiger partial charge on any atom is -0.344 e. The molecule has 3 nitrogen and oxygen atoms in total. The van der Waals surface area contributed by atoms with E-state index in [1.54, 1.807) is 4.90 Å². The molecule has 21 heavy (non-hydrogen) atoms. The number of rotatable bonds is 3. The van der Waals surface area contributed by atoms with Gasteiger partial charge >= 0.3 is 6.18 Å². The van der Waals surface area contributed by atoms with Crippen molar-refractivity contribution >= 4 is 6.41 Å². The van der Waals surface area contributed by atoms with E-state index < -0.39 is 17.6 Å². The molecule has 1 spiro atoms. The Morgan fingerprint density at radius 1 is 1.19 bits per heavy atom. The summed E-state index contributed by atoms with van der Waals surface area (Å²) in [6.45, 7) is 2.83. The van der Waals surface area contributed by atoms with E-state index in [1.165, 1.54) is 6.07 Å². The molecule has 0 atom stereocenters. The molecule has 1 aromatic rings. The normalized spacial score (nSPS) is 21.0. The molecule has 3 rings (SSSR count). The summed E-state index contributed by atoms with van der Waals surface area (Å²) in [7, 11) is 0. The van der Waals surface area contributed by atoms with E-state index in [-0.39, 0.29) is 17.5 Å². The highest BCUT2D eigenvalue weighted by Gasteiger charge is 2.51. The molecule has 2 saturated heterocycles. The van der Waals surface area contributed by atoms with E-state index in [4.69, 9.17) is 0 Å². The average molecular weight is 302 g/mol. The number of hydrogen-bond acceptors (Lipinski definition) is 2. The van der Waals surface area contributed by atoms with Crippen molar-refractivity contribution in [2.45, 2.75) is 12.7 Å². The standard InChI is InChI=1S/C14H14F4N2O/c15-11-2-1-10(12(3-11)14(16,17)18)4-19-5-13(6-19)7-20(8-13)9-21/h1-3,9H,4-8H2. The summed E-state index contributed by atoms with van der Waals surface area (Å²) in [6.07, 6.45) is -3.76. The Hall–Kier alpha value is -1.63. The van der Waals surface area contributed by atoms with E-state index in [1.807, 2.05) is 4.90 Å². The largest absolute Gasteiger partial charge is 0.416 e. The summed E-state index contributed by atoms with van der Waals surface area (Å²) < 4.78 is 51.7. The second-order valence-corrected chi connectivity index (χ2v) is 5.95. The molecule has 0 bridgehead atoms. The van der Waals surface area contributed by atoms with Crippen LogP contribution in [0.25, 0.3) is 0 Å². The van der Waals surface area contributed by atoms with E-state index in [9.17, 15) is 22.4 Å². The van der Waals surface area contributed by atoms with Crippen LogP contribution in [0.15, 0.2) is 18.2 Å². The van der Waals surface area contributed by atoms with Gasteiger partial charge in [0.25, 0.3) is 0 Å². The van der Waals surface area contributed by atoms with Crippen molar-refractivity contribution in [3.8, 4) is 0 Å². The smallest absolute Gasteiger partial charge is 0.344 e. The van der Waals surface area contributed by atoms with Crippen LogP contribution in [0, 0.1) is 11.2 Å². The molecule has 2 aliphatic heterocycles. The van der Waals surface area contributed by atoms with Crippen molar-refractivity contribution in [1.82, 2.24) is 9.80 Å². The second kappa shape index (κ2) is 4.69. The van der Waals surface area contributed by atoms with Gasteiger partial charge in [-0.05, 0) is 17.7 Å². The van der Waals surface area contributed by atoms with Crippen molar-refractivity contribution in [2.24, 2.45) is 5.41 Å². The summed E-state index contributed by atoms with van der Waals surface area (Å²) in [6, 6.07) is 2.79. The summed E-state index contributed by atoms with van der Waals surface area (Å²) in [5, 5.41) is 0. The van der Waals surface area contributed by atoms with Crippen molar-refractivity contribution in [1.29, 1.82) is 0 Å². The molecule has 1 amide bonds. The number of likely N-dealkylation sites (tertiary alicyclic amines) is 2. The van der Waals surface area contributed by atoms with E-state index >= 15 is 0 Å². The van der Waals surface area contributed by atoms with E-state index in [0.29, 0.717) is 32.2 Å². The van der Waals surface area contributed by atoms with Crippen LogP contribution in [0.4, 0.5) is 17.6 Å². The van der Waals surface area contributed by atoms with Crippen LogP contribution in [0.2, 0.25) is 0 Å². The topological polar surface area (TPSA) is 23.6 Å². The molecule has 2 heterocycles. The molecular weight excluding hydrogens is 288 g/mol. The first-order chi connectivity index (χ1) is 9.81. The number of halogens is 4. The lowest BCUT2D eigenvalue weighted by atomic mass is 9.73. The van der Waals surface area contributed by atoms with Crippen molar-refractivity contribution in [3.05, 3.63) is 35.1 Å². The van der Waals surface area contributed by atoms with Crippen molar-refractivity contribution < 1.29 is 22.4 Å². The third kappa shape index (κ3) is 2.62. The van der Waals surface area contributed by atoms with E-state index in [0.717, 1.165) is 12.5 Å². The maximum absolute atomic E-state index is 13.0. The average Bonchev–Trinajstić information content (AvgIpc) is 2.31. The molecular formula is C14H14F4N2O. The predicted octanol–water partition coefficient (Wildman–Crippen LogP) is 2.12. The van der Waals surface area contributed by atoms with Gasteiger partial charge < -0.3 is 4.90 Å². The maximum Gasteiger partial charge on any atom is 0.416 e. The molecule has 2 aliphatic rings. The third-order valence-electron chi connectivity index (χ3n) is 4.12. The van der Waals surface area contributed by atoms with Crippen molar-refractivity contribution in [3.63, 3.8) is 0 Å². The molecule has 0 saturated carbocycles. The number of benzene rings is 1. The maximum atomic E-state index is 13.0. The zero-order chi connectivity index (χ0) is 15.3. The van der Waals surface area contributed by atoms with Gasteiger partial charge in [-0.25, -0.2) is 4.39 Å². The molecule has 114 valence electrons. The van der Waals surface area contributed by atoms with Crippen LogP contribution >= 0.6 is 0 Å². The number of amides is 1. The van der Waals surface area contributed by atoms with Gasteiger partial charge in [0.15, 0.2) is 0 Å². The Morgan fingerprint density at radius 3 is 2.43 bits per heavy atom. The zero-order valence-electron chi connectivity index (χ0n) is 11.2. The zero-order valence-corrected chi connectivity index (χ0v) is 11.2. The Bertz CT molecular complexity index is 559. The number of alkyl halides is 3. The summed E-state index contributed by atoms with van der Waals surface area (Å²) in [5.41, 5.74) is -0.767. The summed E-state index contributed by atoms with van der Waals surface area (Å²) >= 11 is 0. The summed E-state index contributed by atoms with van der Waals surface area (Å²) in [5.74, 6) is -0.883. The van der Waals surface area contributed by atoms with Crippen LogP contribution in [0.3, 0.4) is 0 Å². The lowest BCUT2D eigenvalue weighted by molar-refractivity contribution is -0.149. The van der Waals surface area contributed by atoms with Crippen molar-refractivity contribution in [2.75, 3.05) is 26.2 Å². The first kappa shape index (κ1) is 14.3. The molecule has 0 aliphatic carbocycles. The molecule has 0 unspecified atom stereocenters. The van der Waals surface area contributed by atoms with Gasteiger partial charge in [0.1, 0.15) is 5.82 Å². The highest BCUT2D eigenvalue weighted by atomic mass is 19.4. The van der Waals surface area contributed by atoms with Crippen LogP contribution in [-0.4, -0.2) is 42.4 Å². The fourth-order valence-electron chi connectivity index (χ4n) is 3.30. The molecule has 2 fully saturated rings. The Labute approximate surface area is 119 Å². The van der Waals surface area contributed by atoms with Gasteiger partial charge in [0, 0.05) is 38.1 Å². The van der Waals surface area contributed by atoms with Crippen LogP contribution in [0.1, 0.15) is 11.1 Å². The molecule has 0 N–H and O–H groups in total. The summed E-state index contributed by atoms with van der Waals surface area (Å²) in [4.78, 5) is 14.1. The predicted molar refractivity (Wildman–Crippen MR) is 66.7 cm³/mol. The molecule has 7 heteroatoms. The second-order valence-electron chi connectivity index (χ2n) is 5.95. The van der Waals surface area contributed by atoms with Gasteiger partial charge in [0.2, 0.25) is 6.41 Å². The van der Waals surface area contributed by atoms with Gasteiger partial charge in [0.05, 0.1) is 5.56 Å². The highest BCUT2D eigenvalue weighted by molar-refractivity contribution is 5.50. The minimum atomic E-state index is -4.55. The lowest BCUT2D eigenvalue weighted by Gasteiger charge is -2.59. The van der Waals surface area contributed by atoms with Gasteiger partial charge in [-0.2, -0.15) is 13.2 Å². The molecule has 0 radical (unpaired) electrons. The highest BCUT2D eigenvalue weighted by Crippen LogP contribution is 2.40. The van der Waals surface area contributed by atoms with E-state index in [2.05, 4.69) is 0 Å². The van der Waals surface area contributed by atoms with Crippen LogP contribution in [0.5, 0.6) is 0 Å². The number of carbonyl (C=O) groups is 1. The molecule has 0 aromatic heterocycles. The Morgan fingerprint density at radius 2 is 1.86 bits per heavy atom. The fraction of sp³-hybridized carbons (Fsp3) is 0.500. The third-order valence-corrected chi connectivity index (χ3v) is 4.12. The quantitative estimate of drug-likeness (QED) is 0.631. The van der Waals surface area contributed by atoms with Gasteiger partial charge in [-0.15, -0.1) is 0 Å². The first-order valence-corrected chi connectivity index (χ1v) is 6.59. The van der Waals surface area contributed by atoms with Crippen LogP contribution < -0.4 is 0 Å².